The number of likely N-dealkylation sites (N-methyl/N-ethyl adjacent to an activating group) is 1. The molecule has 3 nitrogen and oxygen atoms in total. The summed E-state index contributed by atoms with van der Waals surface area (Å²) in [6, 6.07) is 24.7. The Bertz CT molecular complexity index is 887. The van der Waals surface area contributed by atoms with Crippen molar-refractivity contribution in [3.8, 4) is 0 Å². The molecule has 3 heteroatoms. The van der Waals surface area contributed by atoms with Crippen LogP contribution in [0, 0.1) is 0 Å². The number of carbonyl (C=O) groups excluding carboxylic acids is 1. The first-order valence-corrected chi connectivity index (χ1v) is 8.79. The molecule has 1 aliphatic rings. The smallest absolute Gasteiger partial charge is 0.247 e. The van der Waals surface area contributed by atoms with Gasteiger partial charge in [-0.2, -0.15) is 0 Å². The molecule has 0 radical (unpaired) electrons. The van der Waals surface area contributed by atoms with E-state index in [4.69, 9.17) is 0 Å². The predicted molar refractivity (Wildman–Crippen MR) is 103 cm³/mol. The molecule has 0 aromatic heterocycles. The summed E-state index contributed by atoms with van der Waals surface area (Å²) in [6.07, 6.45) is 2.18. The molecule has 1 aliphatic carbocycles. The zero-order valence-electron chi connectivity index (χ0n) is 14.4. The number of rotatable bonds is 5. The average Bonchev–Trinajstić information content (AvgIpc) is 3.46. The van der Waals surface area contributed by atoms with Crippen molar-refractivity contribution in [1.29, 1.82) is 0 Å². The molecule has 0 unspecified atom stereocenters. The van der Waals surface area contributed by atoms with E-state index in [1.807, 2.05) is 49.5 Å². The molecule has 3 aromatic rings. The summed E-state index contributed by atoms with van der Waals surface area (Å²) in [6.45, 7) is 0. The topological polar surface area (TPSA) is 32.3 Å². The van der Waals surface area contributed by atoms with Crippen molar-refractivity contribution >= 4 is 22.4 Å². The lowest BCUT2D eigenvalue weighted by molar-refractivity contribution is -0.122. The van der Waals surface area contributed by atoms with E-state index in [1.54, 1.807) is 0 Å². The third kappa shape index (κ3) is 3.36. The van der Waals surface area contributed by atoms with E-state index in [2.05, 4.69) is 40.5 Å². The summed E-state index contributed by atoms with van der Waals surface area (Å²) in [5.74, 6) is 0.0735. The molecule has 4 rings (SSSR count). The molecule has 1 fully saturated rings. The number of hydrogen-bond acceptors (Lipinski definition) is 2. The highest BCUT2D eigenvalue weighted by molar-refractivity contribution is 5.90. The van der Waals surface area contributed by atoms with Gasteiger partial charge in [-0.25, -0.2) is 0 Å². The van der Waals surface area contributed by atoms with Crippen molar-refractivity contribution in [3.05, 3.63) is 78.4 Å². The van der Waals surface area contributed by atoms with Gasteiger partial charge in [0.25, 0.3) is 0 Å². The van der Waals surface area contributed by atoms with Crippen LogP contribution in [0.1, 0.15) is 24.4 Å². The quantitative estimate of drug-likeness (QED) is 0.756. The van der Waals surface area contributed by atoms with Crippen LogP contribution in [0.4, 0.5) is 5.69 Å². The second-order valence-corrected chi connectivity index (χ2v) is 6.74. The standard InChI is InChI=1S/C22H22N2O/c1-24(20-14-11-16-7-5-6-10-18(16)15-20)21(17-8-3-2-4-9-17)22(25)23-19-12-13-19/h2-11,14-15,19,21H,12-13H2,1H3,(H,23,25)/t21-/m0/s1. The fourth-order valence-electron chi connectivity index (χ4n) is 3.24. The Balaban J connectivity index is 1.70. The first kappa shape index (κ1) is 15.7. The molecule has 3 aromatic carbocycles. The van der Waals surface area contributed by atoms with Gasteiger partial charge in [0, 0.05) is 18.8 Å². The first-order chi connectivity index (χ1) is 12.2. The predicted octanol–water partition coefficient (Wildman–Crippen LogP) is 4.30. The molecule has 1 amide bonds. The lowest BCUT2D eigenvalue weighted by atomic mass is 10.0. The Hall–Kier alpha value is -2.81. The molecule has 0 spiro atoms. The van der Waals surface area contributed by atoms with Crippen LogP contribution in [0.5, 0.6) is 0 Å². The van der Waals surface area contributed by atoms with Gasteiger partial charge in [0.1, 0.15) is 6.04 Å². The number of fused-ring (bicyclic) bond motifs is 1. The highest BCUT2D eigenvalue weighted by Crippen LogP contribution is 2.30. The van der Waals surface area contributed by atoms with Crippen molar-refractivity contribution in [2.45, 2.75) is 24.9 Å². The molecule has 0 bridgehead atoms. The van der Waals surface area contributed by atoms with Gasteiger partial charge in [0.05, 0.1) is 0 Å². The average molecular weight is 330 g/mol. The van der Waals surface area contributed by atoms with E-state index < -0.39 is 0 Å². The fraction of sp³-hybridized carbons (Fsp3) is 0.227. The third-order valence-corrected chi connectivity index (χ3v) is 4.82. The molecule has 1 saturated carbocycles. The van der Waals surface area contributed by atoms with E-state index in [-0.39, 0.29) is 11.9 Å². The van der Waals surface area contributed by atoms with E-state index >= 15 is 0 Å². The van der Waals surface area contributed by atoms with E-state index in [0.29, 0.717) is 6.04 Å². The van der Waals surface area contributed by atoms with E-state index in [1.165, 1.54) is 10.8 Å². The van der Waals surface area contributed by atoms with Crippen molar-refractivity contribution in [2.75, 3.05) is 11.9 Å². The SMILES string of the molecule is CN(c1ccc2ccccc2c1)[C@H](C(=O)NC1CC1)c1ccccc1. The van der Waals surface area contributed by atoms with Crippen LogP contribution in [0.3, 0.4) is 0 Å². The minimum atomic E-state index is -0.331. The monoisotopic (exact) mass is 330 g/mol. The van der Waals surface area contributed by atoms with Crippen molar-refractivity contribution in [1.82, 2.24) is 5.32 Å². The molecule has 0 saturated heterocycles. The highest BCUT2D eigenvalue weighted by Gasteiger charge is 2.31. The number of amides is 1. The van der Waals surface area contributed by atoms with Gasteiger partial charge in [-0.15, -0.1) is 0 Å². The molecule has 0 heterocycles. The number of benzene rings is 3. The lowest BCUT2D eigenvalue weighted by Gasteiger charge is -2.30. The summed E-state index contributed by atoms with van der Waals surface area (Å²) >= 11 is 0. The number of nitrogens with zero attached hydrogens (tertiary/aromatic N) is 1. The van der Waals surface area contributed by atoms with Gasteiger partial charge in [-0.05, 0) is 41.3 Å². The first-order valence-electron chi connectivity index (χ1n) is 8.79. The summed E-state index contributed by atoms with van der Waals surface area (Å²) in [5, 5.41) is 5.55. The number of carbonyl (C=O) groups is 1. The van der Waals surface area contributed by atoms with Gasteiger partial charge in [-0.3, -0.25) is 4.79 Å². The van der Waals surface area contributed by atoms with Crippen LogP contribution in [-0.4, -0.2) is 19.0 Å². The summed E-state index contributed by atoms with van der Waals surface area (Å²) in [5.41, 5.74) is 2.05. The van der Waals surface area contributed by atoms with Crippen LogP contribution >= 0.6 is 0 Å². The van der Waals surface area contributed by atoms with Gasteiger partial charge in [0.15, 0.2) is 0 Å². The van der Waals surface area contributed by atoms with Gasteiger partial charge in [0.2, 0.25) is 5.91 Å². The molecule has 1 atom stereocenters. The highest BCUT2D eigenvalue weighted by atomic mass is 16.2. The van der Waals surface area contributed by atoms with Gasteiger partial charge in [-0.1, -0.05) is 60.7 Å². The molecule has 25 heavy (non-hydrogen) atoms. The number of nitrogens with one attached hydrogen (secondary N) is 1. The maximum Gasteiger partial charge on any atom is 0.247 e. The Labute approximate surface area is 148 Å². The zero-order chi connectivity index (χ0) is 17.2. The Morgan fingerprint density at radius 1 is 0.960 bits per heavy atom. The third-order valence-electron chi connectivity index (χ3n) is 4.82. The van der Waals surface area contributed by atoms with Crippen molar-refractivity contribution < 1.29 is 4.79 Å². The number of anilines is 1. The summed E-state index contributed by atoms with van der Waals surface area (Å²) < 4.78 is 0. The van der Waals surface area contributed by atoms with Gasteiger partial charge < -0.3 is 10.2 Å². The minimum Gasteiger partial charge on any atom is -0.359 e. The Kier molecular flexibility index (Phi) is 4.14. The fourth-order valence-corrected chi connectivity index (χ4v) is 3.24. The Morgan fingerprint density at radius 3 is 2.36 bits per heavy atom. The van der Waals surface area contributed by atoms with Crippen LogP contribution < -0.4 is 10.2 Å². The second kappa shape index (κ2) is 6.60. The zero-order valence-corrected chi connectivity index (χ0v) is 14.4. The van der Waals surface area contributed by atoms with Gasteiger partial charge >= 0.3 is 0 Å². The maximum absolute atomic E-state index is 12.9. The summed E-state index contributed by atoms with van der Waals surface area (Å²) in [7, 11) is 1.99. The van der Waals surface area contributed by atoms with Crippen LogP contribution in [0.2, 0.25) is 0 Å². The number of hydrogen-bond donors (Lipinski definition) is 1. The van der Waals surface area contributed by atoms with E-state index in [0.717, 1.165) is 24.1 Å². The van der Waals surface area contributed by atoms with Crippen LogP contribution in [0.25, 0.3) is 10.8 Å². The molecular formula is C22H22N2O. The largest absolute Gasteiger partial charge is 0.359 e. The molecular weight excluding hydrogens is 308 g/mol. The van der Waals surface area contributed by atoms with Crippen LogP contribution in [0.15, 0.2) is 72.8 Å². The van der Waals surface area contributed by atoms with E-state index in [9.17, 15) is 4.79 Å². The Morgan fingerprint density at radius 2 is 1.64 bits per heavy atom. The maximum atomic E-state index is 12.9. The van der Waals surface area contributed by atoms with Crippen molar-refractivity contribution in [2.24, 2.45) is 0 Å². The summed E-state index contributed by atoms with van der Waals surface area (Å²) in [4.78, 5) is 15.0. The van der Waals surface area contributed by atoms with Crippen LogP contribution in [-0.2, 0) is 4.79 Å². The minimum absolute atomic E-state index is 0.0735. The molecule has 1 N–H and O–H groups in total. The molecule has 126 valence electrons. The second-order valence-electron chi connectivity index (χ2n) is 6.74. The van der Waals surface area contributed by atoms with Crippen molar-refractivity contribution in [3.63, 3.8) is 0 Å². The lowest BCUT2D eigenvalue weighted by Crippen LogP contribution is -2.39. The normalized spacial score (nSPS) is 14.9. The molecule has 0 aliphatic heterocycles.